The summed E-state index contributed by atoms with van der Waals surface area (Å²) >= 11 is 3.58. The van der Waals surface area contributed by atoms with E-state index < -0.39 is 9.84 Å². The monoisotopic (exact) mass is 364 g/mol. The topological polar surface area (TPSA) is 34.1 Å². The second-order valence-electron chi connectivity index (χ2n) is 5.53. The molecule has 0 spiro atoms. The standard InChI is InChI=1S/C17H17BrO2S/c18-11-14(10-13-6-2-1-3-7-13)16-12-21(19,20)17-9-5-4-8-15(16)17/h1-9,14,16H,10-12H2. The Balaban J connectivity index is 1.93. The van der Waals surface area contributed by atoms with Gasteiger partial charge in [-0.2, -0.15) is 0 Å². The molecular weight excluding hydrogens is 348 g/mol. The Morgan fingerprint density at radius 2 is 1.71 bits per heavy atom. The third kappa shape index (κ3) is 2.92. The lowest BCUT2D eigenvalue weighted by Gasteiger charge is -2.21. The number of benzene rings is 2. The fourth-order valence-corrected chi connectivity index (χ4v) is 5.75. The first-order valence-electron chi connectivity index (χ1n) is 7.03. The van der Waals surface area contributed by atoms with Gasteiger partial charge in [0.25, 0.3) is 0 Å². The first-order valence-corrected chi connectivity index (χ1v) is 9.81. The van der Waals surface area contributed by atoms with Crippen molar-refractivity contribution in [2.75, 3.05) is 11.1 Å². The molecule has 0 amide bonds. The van der Waals surface area contributed by atoms with Crippen LogP contribution in [0.3, 0.4) is 0 Å². The number of hydrogen-bond donors (Lipinski definition) is 0. The van der Waals surface area contributed by atoms with Gasteiger partial charge in [0.05, 0.1) is 10.6 Å². The summed E-state index contributed by atoms with van der Waals surface area (Å²) in [5.41, 5.74) is 2.24. The number of halogens is 1. The van der Waals surface area contributed by atoms with Gasteiger partial charge in [0.1, 0.15) is 0 Å². The normalized spacial score (nSPS) is 20.9. The van der Waals surface area contributed by atoms with Crippen LogP contribution in [-0.4, -0.2) is 19.5 Å². The summed E-state index contributed by atoms with van der Waals surface area (Å²) < 4.78 is 24.6. The van der Waals surface area contributed by atoms with Gasteiger partial charge < -0.3 is 0 Å². The highest BCUT2D eigenvalue weighted by Gasteiger charge is 2.38. The molecular formula is C17H17BrO2S. The summed E-state index contributed by atoms with van der Waals surface area (Å²) in [7, 11) is -3.12. The van der Waals surface area contributed by atoms with Crippen molar-refractivity contribution in [1.82, 2.24) is 0 Å². The van der Waals surface area contributed by atoms with Crippen LogP contribution < -0.4 is 0 Å². The third-order valence-electron chi connectivity index (χ3n) is 4.16. The number of alkyl halides is 1. The van der Waals surface area contributed by atoms with E-state index >= 15 is 0 Å². The van der Waals surface area contributed by atoms with Crippen molar-refractivity contribution >= 4 is 25.8 Å². The van der Waals surface area contributed by atoms with Crippen LogP contribution in [0.25, 0.3) is 0 Å². The molecule has 1 heterocycles. The number of fused-ring (bicyclic) bond motifs is 1. The minimum Gasteiger partial charge on any atom is -0.224 e. The van der Waals surface area contributed by atoms with Gasteiger partial charge in [-0.1, -0.05) is 64.5 Å². The summed E-state index contributed by atoms with van der Waals surface area (Å²) in [5, 5.41) is 0.802. The van der Waals surface area contributed by atoms with Crippen LogP contribution in [0.2, 0.25) is 0 Å². The van der Waals surface area contributed by atoms with E-state index in [0.29, 0.717) is 4.90 Å². The zero-order chi connectivity index (χ0) is 14.9. The molecule has 0 saturated heterocycles. The maximum absolute atomic E-state index is 12.3. The molecule has 0 fully saturated rings. The van der Waals surface area contributed by atoms with Gasteiger partial charge in [-0.15, -0.1) is 0 Å². The predicted octanol–water partition coefficient (Wildman–Crippen LogP) is 3.81. The van der Waals surface area contributed by atoms with Crippen molar-refractivity contribution in [3.63, 3.8) is 0 Å². The van der Waals surface area contributed by atoms with Crippen molar-refractivity contribution in [3.05, 3.63) is 65.7 Å². The van der Waals surface area contributed by atoms with Gasteiger partial charge in [-0.25, -0.2) is 8.42 Å². The molecule has 1 aliphatic rings. The fourth-order valence-electron chi connectivity index (χ4n) is 3.10. The average molecular weight is 365 g/mol. The van der Waals surface area contributed by atoms with E-state index in [0.717, 1.165) is 17.3 Å². The lowest BCUT2D eigenvalue weighted by atomic mass is 9.85. The van der Waals surface area contributed by atoms with Crippen molar-refractivity contribution in [2.24, 2.45) is 5.92 Å². The molecule has 0 radical (unpaired) electrons. The molecule has 3 rings (SSSR count). The highest BCUT2D eigenvalue weighted by molar-refractivity contribution is 9.09. The zero-order valence-corrected chi connectivity index (χ0v) is 14.0. The largest absolute Gasteiger partial charge is 0.224 e. The molecule has 1 aliphatic heterocycles. The maximum Gasteiger partial charge on any atom is 0.179 e. The van der Waals surface area contributed by atoms with Crippen LogP contribution in [0, 0.1) is 5.92 Å². The van der Waals surface area contributed by atoms with E-state index in [9.17, 15) is 8.42 Å². The van der Waals surface area contributed by atoms with Crippen LogP contribution >= 0.6 is 15.9 Å². The van der Waals surface area contributed by atoms with E-state index in [1.165, 1.54) is 5.56 Å². The van der Waals surface area contributed by atoms with Crippen molar-refractivity contribution in [3.8, 4) is 0 Å². The van der Waals surface area contributed by atoms with Crippen LogP contribution in [0.1, 0.15) is 17.0 Å². The van der Waals surface area contributed by atoms with Gasteiger partial charge in [-0.05, 0) is 29.5 Å². The molecule has 2 unspecified atom stereocenters. The molecule has 0 aliphatic carbocycles. The average Bonchev–Trinajstić information content (AvgIpc) is 2.78. The van der Waals surface area contributed by atoms with Gasteiger partial charge in [-0.3, -0.25) is 0 Å². The molecule has 0 N–H and O–H groups in total. The SMILES string of the molecule is O=S1(=O)CC(C(CBr)Cc2ccccc2)c2ccccc21. The minimum atomic E-state index is -3.12. The third-order valence-corrected chi connectivity index (χ3v) is 6.83. The fraction of sp³-hybridized carbons (Fsp3) is 0.294. The highest BCUT2D eigenvalue weighted by atomic mass is 79.9. The first-order chi connectivity index (χ1) is 10.1. The van der Waals surface area contributed by atoms with E-state index in [1.54, 1.807) is 12.1 Å². The smallest absolute Gasteiger partial charge is 0.179 e. The Kier molecular flexibility index (Phi) is 4.18. The van der Waals surface area contributed by atoms with E-state index in [2.05, 4.69) is 28.1 Å². The molecule has 2 nitrogen and oxygen atoms in total. The van der Waals surface area contributed by atoms with E-state index in [-0.39, 0.29) is 17.6 Å². The second kappa shape index (κ2) is 5.93. The molecule has 2 aromatic rings. The molecule has 4 heteroatoms. The van der Waals surface area contributed by atoms with Crippen LogP contribution in [0.15, 0.2) is 59.5 Å². The quantitative estimate of drug-likeness (QED) is 0.773. The van der Waals surface area contributed by atoms with Crippen LogP contribution in [0.4, 0.5) is 0 Å². The lowest BCUT2D eigenvalue weighted by Crippen LogP contribution is -2.19. The lowest BCUT2D eigenvalue weighted by molar-refractivity contribution is 0.499. The predicted molar refractivity (Wildman–Crippen MR) is 88.7 cm³/mol. The van der Waals surface area contributed by atoms with Crippen molar-refractivity contribution in [2.45, 2.75) is 17.2 Å². The molecule has 0 saturated carbocycles. The molecule has 21 heavy (non-hydrogen) atoms. The zero-order valence-electron chi connectivity index (χ0n) is 11.6. The first kappa shape index (κ1) is 14.8. The van der Waals surface area contributed by atoms with E-state index in [4.69, 9.17) is 0 Å². The molecule has 0 aromatic heterocycles. The highest BCUT2D eigenvalue weighted by Crippen LogP contribution is 2.40. The van der Waals surface area contributed by atoms with Gasteiger partial charge >= 0.3 is 0 Å². The van der Waals surface area contributed by atoms with Gasteiger partial charge in [0.2, 0.25) is 0 Å². The second-order valence-corrected chi connectivity index (χ2v) is 8.18. The van der Waals surface area contributed by atoms with Crippen LogP contribution in [-0.2, 0) is 16.3 Å². The molecule has 2 aromatic carbocycles. The molecule has 2 atom stereocenters. The number of hydrogen-bond acceptors (Lipinski definition) is 2. The number of rotatable bonds is 4. The molecule has 110 valence electrons. The molecule has 0 bridgehead atoms. The van der Waals surface area contributed by atoms with Crippen molar-refractivity contribution in [1.29, 1.82) is 0 Å². The maximum atomic E-state index is 12.3. The summed E-state index contributed by atoms with van der Waals surface area (Å²) in [6.07, 6.45) is 0.889. The van der Waals surface area contributed by atoms with E-state index in [1.807, 2.05) is 30.3 Å². The Bertz CT molecular complexity index is 725. The number of sulfone groups is 1. The Hall–Kier alpha value is -1.13. The summed E-state index contributed by atoms with van der Waals surface area (Å²) in [6, 6.07) is 17.7. The minimum absolute atomic E-state index is 0.0748. The summed E-state index contributed by atoms with van der Waals surface area (Å²) in [6.45, 7) is 0. The summed E-state index contributed by atoms with van der Waals surface area (Å²) in [5.74, 6) is 0.590. The van der Waals surface area contributed by atoms with Gasteiger partial charge in [0, 0.05) is 11.2 Å². The van der Waals surface area contributed by atoms with Crippen molar-refractivity contribution < 1.29 is 8.42 Å². The Morgan fingerprint density at radius 3 is 2.43 bits per heavy atom. The van der Waals surface area contributed by atoms with Gasteiger partial charge in [0.15, 0.2) is 9.84 Å². The Morgan fingerprint density at radius 1 is 1.05 bits per heavy atom. The Labute approximate surface area is 134 Å². The van der Waals surface area contributed by atoms with Crippen LogP contribution in [0.5, 0.6) is 0 Å². The summed E-state index contributed by atoms with van der Waals surface area (Å²) in [4.78, 5) is 0.522.